The van der Waals surface area contributed by atoms with Crippen molar-refractivity contribution < 1.29 is 4.79 Å². The molecule has 1 amide bonds. The standard InChI is InChI=1S/C17H17N3O/c1-18-13-16(8-7-14-5-3-2-4-6-14)20-17(21)15-9-11-19-12-10-15/h2-6,8-13H,7H2,1H3,(H,20,21)/b16-8+,18-13?. The Hall–Kier alpha value is -2.75. The van der Waals surface area contributed by atoms with E-state index in [1.807, 2.05) is 36.4 Å². The zero-order valence-corrected chi connectivity index (χ0v) is 11.9. The number of allylic oxidation sites excluding steroid dienone is 2. The molecule has 1 N–H and O–H groups in total. The fourth-order valence-corrected chi connectivity index (χ4v) is 1.82. The van der Waals surface area contributed by atoms with Gasteiger partial charge in [-0.2, -0.15) is 0 Å². The fraction of sp³-hybridized carbons (Fsp3) is 0.118. The first kappa shape index (κ1) is 14.7. The topological polar surface area (TPSA) is 54.4 Å². The van der Waals surface area contributed by atoms with E-state index in [9.17, 15) is 4.79 Å². The van der Waals surface area contributed by atoms with Gasteiger partial charge in [-0.3, -0.25) is 14.8 Å². The Morgan fingerprint density at radius 2 is 1.90 bits per heavy atom. The highest BCUT2D eigenvalue weighted by atomic mass is 16.1. The molecule has 0 fully saturated rings. The summed E-state index contributed by atoms with van der Waals surface area (Å²) in [5.41, 5.74) is 2.43. The lowest BCUT2D eigenvalue weighted by Gasteiger charge is -2.06. The third kappa shape index (κ3) is 4.69. The van der Waals surface area contributed by atoms with Crippen molar-refractivity contribution in [1.82, 2.24) is 10.3 Å². The highest BCUT2D eigenvalue weighted by Gasteiger charge is 2.05. The van der Waals surface area contributed by atoms with Crippen LogP contribution in [0.1, 0.15) is 15.9 Å². The van der Waals surface area contributed by atoms with Gasteiger partial charge in [0.1, 0.15) is 0 Å². The van der Waals surface area contributed by atoms with Gasteiger partial charge in [-0.15, -0.1) is 0 Å². The van der Waals surface area contributed by atoms with Crippen LogP contribution in [0, 0.1) is 0 Å². The normalized spacial score (nSPS) is 11.6. The monoisotopic (exact) mass is 279 g/mol. The van der Waals surface area contributed by atoms with Crippen LogP contribution in [0.3, 0.4) is 0 Å². The van der Waals surface area contributed by atoms with Crippen molar-refractivity contribution in [3.05, 3.63) is 77.8 Å². The number of carbonyl (C=O) groups excluding carboxylic acids is 1. The van der Waals surface area contributed by atoms with Crippen LogP contribution in [-0.2, 0) is 6.42 Å². The van der Waals surface area contributed by atoms with Crippen LogP contribution in [0.5, 0.6) is 0 Å². The maximum atomic E-state index is 12.1. The molecule has 0 radical (unpaired) electrons. The van der Waals surface area contributed by atoms with E-state index >= 15 is 0 Å². The molecule has 4 nitrogen and oxygen atoms in total. The van der Waals surface area contributed by atoms with Gasteiger partial charge in [-0.05, 0) is 24.1 Å². The molecule has 0 bridgehead atoms. The number of hydrogen-bond acceptors (Lipinski definition) is 3. The number of amides is 1. The summed E-state index contributed by atoms with van der Waals surface area (Å²) in [5, 5.41) is 2.85. The van der Waals surface area contributed by atoms with E-state index in [2.05, 4.69) is 15.3 Å². The van der Waals surface area contributed by atoms with E-state index in [-0.39, 0.29) is 5.91 Å². The lowest BCUT2D eigenvalue weighted by molar-refractivity contribution is 0.0968. The van der Waals surface area contributed by atoms with Gasteiger partial charge in [-0.25, -0.2) is 0 Å². The van der Waals surface area contributed by atoms with Crippen molar-refractivity contribution in [3.8, 4) is 0 Å². The van der Waals surface area contributed by atoms with Gasteiger partial charge in [0.2, 0.25) is 0 Å². The number of aliphatic imine (C=N–C) groups is 1. The molecule has 1 heterocycles. The average Bonchev–Trinajstić information content (AvgIpc) is 2.54. The molecule has 0 aliphatic heterocycles. The maximum Gasteiger partial charge on any atom is 0.255 e. The van der Waals surface area contributed by atoms with Crippen LogP contribution in [0.15, 0.2) is 71.6 Å². The number of nitrogens with one attached hydrogen (secondary N) is 1. The van der Waals surface area contributed by atoms with Crippen LogP contribution >= 0.6 is 0 Å². The number of benzene rings is 1. The number of carbonyl (C=O) groups is 1. The Morgan fingerprint density at radius 1 is 1.19 bits per heavy atom. The molecule has 0 aliphatic carbocycles. The SMILES string of the molecule is CN=C/C(=C\Cc1ccccc1)NC(=O)c1ccncc1. The summed E-state index contributed by atoms with van der Waals surface area (Å²) in [5.74, 6) is -0.170. The fourth-order valence-electron chi connectivity index (χ4n) is 1.82. The first-order valence-electron chi connectivity index (χ1n) is 6.67. The van der Waals surface area contributed by atoms with Gasteiger partial charge in [-0.1, -0.05) is 36.4 Å². The molecule has 0 aliphatic rings. The zero-order valence-electron chi connectivity index (χ0n) is 11.9. The number of pyridine rings is 1. The highest BCUT2D eigenvalue weighted by molar-refractivity contribution is 5.98. The van der Waals surface area contributed by atoms with Gasteiger partial charge >= 0.3 is 0 Å². The molecule has 4 heteroatoms. The van der Waals surface area contributed by atoms with Crippen LogP contribution in [0.2, 0.25) is 0 Å². The van der Waals surface area contributed by atoms with E-state index in [4.69, 9.17) is 0 Å². The Balaban J connectivity index is 2.07. The van der Waals surface area contributed by atoms with Crippen molar-refractivity contribution in [3.63, 3.8) is 0 Å². The number of rotatable bonds is 5. The van der Waals surface area contributed by atoms with Crippen molar-refractivity contribution in [2.45, 2.75) is 6.42 Å². The number of nitrogens with zero attached hydrogens (tertiary/aromatic N) is 2. The van der Waals surface area contributed by atoms with Crippen molar-refractivity contribution in [1.29, 1.82) is 0 Å². The Bertz CT molecular complexity index is 634. The molecule has 2 rings (SSSR count). The largest absolute Gasteiger partial charge is 0.321 e. The summed E-state index contributed by atoms with van der Waals surface area (Å²) in [6.45, 7) is 0. The number of aromatic nitrogens is 1. The molecule has 0 spiro atoms. The predicted molar refractivity (Wildman–Crippen MR) is 84.3 cm³/mol. The van der Waals surface area contributed by atoms with Crippen molar-refractivity contribution in [2.24, 2.45) is 4.99 Å². The maximum absolute atomic E-state index is 12.1. The summed E-state index contributed by atoms with van der Waals surface area (Å²) in [6.07, 6.45) is 7.51. The van der Waals surface area contributed by atoms with Gasteiger partial charge in [0, 0.05) is 31.2 Å². The summed E-state index contributed by atoms with van der Waals surface area (Å²) in [6, 6.07) is 13.4. The quantitative estimate of drug-likeness (QED) is 0.855. The molecule has 0 atom stereocenters. The highest BCUT2D eigenvalue weighted by Crippen LogP contribution is 2.03. The Labute approximate surface area is 124 Å². The first-order chi connectivity index (χ1) is 10.3. The van der Waals surface area contributed by atoms with Crippen molar-refractivity contribution in [2.75, 3.05) is 7.05 Å². The molecule has 1 aromatic carbocycles. The van der Waals surface area contributed by atoms with Crippen molar-refractivity contribution >= 4 is 12.1 Å². The molecule has 2 aromatic rings. The van der Waals surface area contributed by atoms with Gasteiger partial charge in [0.25, 0.3) is 5.91 Å². The average molecular weight is 279 g/mol. The molecule has 0 saturated heterocycles. The molecule has 0 unspecified atom stereocenters. The molecule has 0 saturated carbocycles. The molecule has 106 valence electrons. The minimum Gasteiger partial charge on any atom is -0.321 e. The second-order valence-corrected chi connectivity index (χ2v) is 4.43. The second-order valence-electron chi connectivity index (χ2n) is 4.43. The molecular formula is C17H17N3O. The Kier molecular flexibility index (Phi) is 5.41. The summed E-state index contributed by atoms with van der Waals surface area (Å²) in [4.78, 5) is 20.0. The summed E-state index contributed by atoms with van der Waals surface area (Å²) < 4.78 is 0. The lowest BCUT2D eigenvalue weighted by Crippen LogP contribution is -2.23. The smallest absolute Gasteiger partial charge is 0.255 e. The van der Waals surface area contributed by atoms with E-state index in [1.165, 1.54) is 5.56 Å². The lowest BCUT2D eigenvalue weighted by atomic mass is 10.1. The van der Waals surface area contributed by atoms with Crippen LogP contribution in [-0.4, -0.2) is 24.2 Å². The second kappa shape index (κ2) is 7.75. The van der Waals surface area contributed by atoms with E-state index in [0.717, 1.165) is 6.42 Å². The van der Waals surface area contributed by atoms with Gasteiger partial charge in [0.05, 0.1) is 5.70 Å². The zero-order chi connectivity index (χ0) is 14.9. The van der Waals surface area contributed by atoms with Crippen LogP contribution in [0.4, 0.5) is 0 Å². The van der Waals surface area contributed by atoms with E-state index in [1.54, 1.807) is 37.8 Å². The first-order valence-corrected chi connectivity index (χ1v) is 6.67. The predicted octanol–water partition coefficient (Wildman–Crippen LogP) is 2.64. The van der Waals surface area contributed by atoms with Gasteiger partial charge in [0.15, 0.2) is 0 Å². The van der Waals surface area contributed by atoms with E-state index < -0.39 is 0 Å². The molecule has 21 heavy (non-hydrogen) atoms. The number of hydrogen-bond donors (Lipinski definition) is 1. The Morgan fingerprint density at radius 3 is 2.57 bits per heavy atom. The van der Waals surface area contributed by atoms with E-state index in [0.29, 0.717) is 11.3 Å². The van der Waals surface area contributed by atoms with Crippen LogP contribution < -0.4 is 5.32 Å². The third-order valence-corrected chi connectivity index (χ3v) is 2.87. The summed E-state index contributed by atoms with van der Waals surface area (Å²) in [7, 11) is 1.68. The van der Waals surface area contributed by atoms with Crippen LogP contribution in [0.25, 0.3) is 0 Å². The third-order valence-electron chi connectivity index (χ3n) is 2.87. The van der Waals surface area contributed by atoms with Gasteiger partial charge < -0.3 is 5.32 Å². The molecule has 1 aromatic heterocycles. The minimum absolute atomic E-state index is 0.170. The summed E-state index contributed by atoms with van der Waals surface area (Å²) >= 11 is 0. The minimum atomic E-state index is -0.170. The molecular weight excluding hydrogens is 262 g/mol.